The number of aliphatic hydroxyl groups excluding tert-OH is 1. The van der Waals surface area contributed by atoms with E-state index in [1.165, 1.54) is 0 Å². The molecule has 4 heteroatoms. The topological polar surface area (TPSA) is 62.4 Å². The van der Waals surface area contributed by atoms with Gasteiger partial charge in [0.15, 0.2) is 0 Å². The Labute approximate surface area is 103 Å². The van der Waals surface area contributed by atoms with Crippen LogP contribution >= 0.6 is 0 Å². The molecule has 17 heavy (non-hydrogen) atoms. The fourth-order valence-electron chi connectivity index (χ4n) is 2.07. The molecule has 1 heterocycles. The van der Waals surface area contributed by atoms with Crippen molar-refractivity contribution in [2.75, 3.05) is 19.7 Å². The Morgan fingerprint density at radius 2 is 2.18 bits per heavy atom. The molecule has 0 radical (unpaired) electrons. The SMILES string of the molecule is CCC(N)C(c1ccccn1)N(CC)CCO. The number of nitrogens with zero attached hydrogens (tertiary/aromatic N) is 2. The molecule has 0 aromatic carbocycles. The van der Waals surface area contributed by atoms with E-state index >= 15 is 0 Å². The highest BCUT2D eigenvalue weighted by atomic mass is 16.3. The second-order valence-corrected chi connectivity index (χ2v) is 4.12. The van der Waals surface area contributed by atoms with E-state index in [1.54, 1.807) is 6.20 Å². The quantitative estimate of drug-likeness (QED) is 0.747. The Hall–Kier alpha value is -0.970. The van der Waals surface area contributed by atoms with Crippen molar-refractivity contribution in [3.63, 3.8) is 0 Å². The van der Waals surface area contributed by atoms with Crippen LogP contribution in [-0.2, 0) is 0 Å². The van der Waals surface area contributed by atoms with Crippen LogP contribution in [0.5, 0.6) is 0 Å². The van der Waals surface area contributed by atoms with Crippen LogP contribution in [0.3, 0.4) is 0 Å². The molecule has 96 valence electrons. The maximum absolute atomic E-state index is 9.12. The van der Waals surface area contributed by atoms with Gasteiger partial charge in [-0.2, -0.15) is 0 Å². The minimum atomic E-state index is 0.0383. The number of hydrogen-bond donors (Lipinski definition) is 2. The Bertz CT molecular complexity index is 305. The second-order valence-electron chi connectivity index (χ2n) is 4.12. The van der Waals surface area contributed by atoms with Gasteiger partial charge < -0.3 is 10.8 Å². The molecule has 0 amide bonds. The first-order valence-electron chi connectivity index (χ1n) is 6.26. The van der Waals surface area contributed by atoms with Crippen LogP contribution in [0, 0.1) is 0 Å². The van der Waals surface area contributed by atoms with Crippen molar-refractivity contribution in [1.82, 2.24) is 9.88 Å². The van der Waals surface area contributed by atoms with Gasteiger partial charge in [0.1, 0.15) is 0 Å². The lowest BCUT2D eigenvalue weighted by atomic mass is 10.0. The molecule has 3 N–H and O–H groups in total. The molecule has 1 rings (SSSR count). The summed E-state index contributed by atoms with van der Waals surface area (Å²) in [6.45, 7) is 5.79. The Morgan fingerprint density at radius 3 is 2.65 bits per heavy atom. The standard InChI is InChI=1S/C13H23N3O/c1-3-11(14)13(16(4-2)9-10-17)12-7-5-6-8-15-12/h5-8,11,13,17H,3-4,9-10,14H2,1-2H3. The lowest BCUT2D eigenvalue weighted by Gasteiger charge is -2.33. The van der Waals surface area contributed by atoms with Crippen LogP contribution in [0.2, 0.25) is 0 Å². The van der Waals surface area contributed by atoms with Crippen molar-refractivity contribution in [1.29, 1.82) is 0 Å². The molecule has 0 spiro atoms. The summed E-state index contributed by atoms with van der Waals surface area (Å²) in [5, 5.41) is 9.12. The van der Waals surface area contributed by atoms with E-state index in [0.29, 0.717) is 6.54 Å². The zero-order valence-electron chi connectivity index (χ0n) is 10.7. The zero-order valence-corrected chi connectivity index (χ0v) is 10.7. The fraction of sp³-hybridized carbons (Fsp3) is 0.615. The van der Waals surface area contributed by atoms with Gasteiger partial charge >= 0.3 is 0 Å². The summed E-state index contributed by atoms with van der Waals surface area (Å²) >= 11 is 0. The third-order valence-corrected chi connectivity index (χ3v) is 3.05. The predicted octanol–water partition coefficient (Wildman–Crippen LogP) is 1.17. The molecule has 0 fully saturated rings. The fourth-order valence-corrected chi connectivity index (χ4v) is 2.07. The van der Waals surface area contributed by atoms with Crippen LogP contribution in [0.1, 0.15) is 32.0 Å². The normalized spacial score (nSPS) is 14.9. The Balaban J connectivity index is 2.94. The predicted molar refractivity (Wildman–Crippen MR) is 69.6 cm³/mol. The average molecular weight is 237 g/mol. The van der Waals surface area contributed by atoms with E-state index in [1.807, 2.05) is 18.2 Å². The molecule has 0 aliphatic carbocycles. The summed E-state index contributed by atoms with van der Waals surface area (Å²) in [4.78, 5) is 6.57. The number of hydrogen-bond acceptors (Lipinski definition) is 4. The summed E-state index contributed by atoms with van der Waals surface area (Å²) in [5.74, 6) is 0. The molecular weight excluding hydrogens is 214 g/mol. The van der Waals surface area contributed by atoms with Crippen LogP contribution < -0.4 is 5.73 Å². The molecule has 0 saturated heterocycles. The van der Waals surface area contributed by atoms with E-state index in [4.69, 9.17) is 10.8 Å². The Morgan fingerprint density at radius 1 is 1.41 bits per heavy atom. The first-order valence-corrected chi connectivity index (χ1v) is 6.26. The van der Waals surface area contributed by atoms with Gasteiger partial charge in [0.25, 0.3) is 0 Å². The maximum atomic E-state index is 9.12. The van der Waals surface area contributed by atoms with Gasteiger partial charge in [-0.1, -0.05) is 19.9 Å². The first-order chi connectivity index (χ1) is 8.24. The Kier molecular flexibility index (Phi) is 6.11. The van der Waals surface area contributed by atoms with E-state index in [0.717, 1.165) is 18.7 Å². The summed E-state index contributed by atoms with van der Waals surface area (Å²) in [6.07, 6.45) is 2.68. The number of nitrogens with two attached hydrogens (primary N) is 1. The van der Waals surface area contributed by atoms with Crippen LogP contribution in [0.25, 0.3) is 0 Å². The highest BCUT2D eigenvalue weighted by Gasteiger charge is 2.25. The van der Waals surface area contributed by atoms with E-state index < -0.39 is 0 Å². The lowest BCUT2D eigenvalue weighted by Crippen LogP contribution is -2.42. The van der Waals surface area contributed by atoms with Crippen molar-refractivity contribution >= 4 is 0 Å². The van der Waals surface area contributed by atoms with Crippen molar-refractivity contribution < 1.29 is 5.11 Å². The highest BCUT2D eigenvalue weighted by molar-refractivity contribution is 5.11. The van der Waals surface area contributed by atoms with E-state index in [-0.39, 0.29) is 18.7 Å². The third-order valence-electron chi connectivity index (χ3n) is 3.05. The maximum Gasteiger partial charge on any atom is 0.0674 e. The molecule has 0 saturated carbocycles. The molecule has 0 aliphatic rings. The van der Waals surface area contributed by atoms with Crippen LogP contribution in [0.15, 0.2) is 24.4 Å². The largest absolute Gasteiger partial charge is 0.395 e. The molecule has 0 bridgehead atoms. The number of rotatable bonds is 7. The molecular formula is C13H23N3O. The lowest BCUT2D eigenvalue weighted by molar-refractivity contribution is 0.136. The van der Waals surface area contributed by atoms with Crippen LogP contribution in [-0.4, -0.2) is 40.7 Å². The monoisotopic (exact) mass is 237 g/mol. The van der Waals surface area contributed by atoms with Gasteiger partial charge in [-0.25, -0.2) is 0 Å². The van der Waals surface area contributed by atoms with Crippen molar-refractivity contribution in [3.8, 4) is 0 Å². The van der Waals surface area contributed by atoms with Crippen molar-refractivity contribution in [2.45, 2.75) is 32.4 Å². The smallest absolute Gasteiger partial charge is 0.0674 e. The molecule has 1 aromatic heterocycles. The molecule has 0 aliphatic heterocycles. The minimum absolute atomic E-state index is 0.0383. The average Bonchev–Trinajstić information content (AvgIpc) is 2.39. The van der Waals surface area contributed by atoms with Gasteiger partial charge in [-0.05, 0) is 25.1 Å². The van der Waals surface area contributed by atoms with Crippen LogP contribution in [0.4, 0.5) is 0 Å². The number of pyridine rings is 1. The minimum Gasteiger partial charge on any atom is -0.395 e. The highest BCUT2D eigenvalue weighted by Crippen LogP contribution is 2.22. The van der Waals surface area contributed by atoms with Gasteiger partial charge in [0, 0.05) is 18.8 Å². The number of aliphatic hydroxyl groups is 1. The molecule has 1 aromatic rings. The van der Waals surface area contributed by atoms with Crippen molar-refractivity contribution in [2.24, 2.45) is 5.73 Å². The first kappa shape index (κ1) is 14.1. The van der Waals surface area contributed by atoms with E-state index in [2.05, 4.69) is 23.7 Å². The van der Waals surface area contributed by atoms with Gasteiger partial charge in [-0.3, -0.25) is 9.88 Å². The summed E-state index contributed by atoms with van der Waals surface area (Å²) < 4.78 is 0. The van der Waals surface area contributed by atoms with Gasteiger partial charge in [0.05, 0.1) is 18.3 Å². The summed E-state index contributed by atoms with van der Waals surface area (Å²) in [6, 6.07) is 6.00. The summed E-state index contributed by atoms with van der Waals surface area (Å²) in [5.41, 5.74) is 7.18. The molecule has 2 unspecified atom stereocenters. The van der Waals surface area contributed by atoms with E-state index in [9.17, 15) is 0 Å². The summed E-state index contributed by atoms with van der Waals surface area (Å²) in [7, 11) is 0. The van der Waals surface area contributed by atoms with Gasteiger partial charge in [-0.15, -0.1) is 0 Å². The molecule has 4 nitrogen and oxygen atoms in total. The number of aromatic nitrogens is 1. The second kappa shape index (κ2) is 7.37. The molecule has 2 atom stereocenters. The van der Waals surface area contributed by atoms with Crippen molar-refractivity contribution in [3.05, 3.63) is 30.1 Å². The van der Waals surface area contributed by atoms with Gasteiger partial charge in [0.2, 0.25) is 0 Å². The third kappa shape index (κ3) is 3.77. The zero-order chi connectivity index (χ0) is 12.7. The number of likely N-dealkylation sites (N-methyl/N-ethyl adjacent to an activating group) is 1.